The van der Waals surface area contributed by atoms with Gasteiger partial charge in [0, 0.05) is 37.8 Å². The third-order valence-electron chi connectivity index (χ3n) is 4.38. The predicted molar refractivity (Wildman–Crippen MR) is 79.3 cm³/mol. The zero-order valence-electron chi connectivity index (χ0n) is 13.2. The van der Waals surface area contributed by atoms with Crippen molar-refractivity contribution in [3.63, 3.8) is 0 Å². The van der Waals surface area contributed by atoms with Crippen molar-refractivity contribution < 1.29 is 9.59 Å². The SMILES string of the molecule is CCC1(CC)NC(=O)CC(C)N(Cc2cnn(C)c2)C1=O. The van der Waals surface area contributed by atoms with E-state index >= 15 is 0 Å². The molecule has 6 nitrogen and oxygen atoms in total. The number of hydrogen-bond donors (Lipinski definition) is 1. The summed E-state index contributed by atoms with van der Waals surface area (Å²) in [6.07, 6.45) is 5.21. The standard InChI is InChI=1S/C15H24N4O2/c1-5-15(6-2)14(21)19(11(3)7-13(20)17-15)10-12-8-16-18(4)9-12/h8-9,11H,5-7,10H2,1-4H3,(H,17,20). The topological polar surface area (TPSA) is 67.2 Å². The number of carbonyl (C=O) groups excluding carboxylic acids is 2. The highest BCUT2D eigenvalue weighted by Crippen LogP contribution is 2.26. The summed E-state index contributed by atoms with van der Waals surface area (Å²) in [5, 5.41) is 7.09. The fraction of sp³-hybridized carbons (Fsp3) is 0.667. The molecule has 2 heterocycles. The molecule has 116 valence electrons. The minimum absolute atomic E-state index is 0.00898. The molecule has 0 bridgehead atoms. The van der Waals surface area contributed by atoms with Crippen LogP contribution in [0.5, 0.6) is 0 Å². The summed E-state index contributed by atoms with van der Waals surface area (Å²) in [6, 6.07) is -0.113. The number of hydrogen-bond acceptors (Lipinski definition) is 3. The van der Waals surface area contributed by atoms with Gasteiger partial charge < -0.3 is 10.2 Å². The van der Waals surface area contributed by atoms with Crippen molar-refractivity contribution in [1.29, 1.82) is 0 Å². The van der Waals surface area contributed by atoms with Gasteiger partial charge in [0.05, 0.1) is 6.20 Å². The number of nitrogens with zero attached hydrogens (tertiary/aromatic N) is 3. The molecule has 1 aliphatic rings. The van der Waals surface area contributed by atoms with E-state index in [1.165, 1.54) is 0 Å². The van der Waals surface area contributed by atoms with Gasteiger partial charge in [-0.25, -0.2) is 0 Å². The average molecular weight is 292 g/mol. The Balaban J connectivity index is 2.32. The molecule has 1 aromatic rings. The molecule has 1 fully saturated rings. The van der Waals surface area contributed by atoms with Crippen LogP contribution in [-0.2, 0) is 23.2 Å². The number of rotatable bonds is 4. The van der Waals surface area contributed by atoms with Crippen LogP contribution >= 0.6 is 0 Å². The van der Waals surface area contributed by atoms with Crippen molar-refractivity contribution in [2.45, 2.75) is 58.2 Å². The van der Waals surface area contributed by atoms with Crippen molar-refractivity contribution in [3.05, 3.63) is 18.0 Å². The van der Waals surface area contributed by atoms with Gasteiger partial charge in [-0.3, -0.25) is 14.3 Å². The molecule has 0 saturated carbocycles. The minimum Gasteiger partial charge on any atom is -0.342 e. The summed E-state index contributed by atoms with van der Waals surface area (Å²) in [4.78, 5) is 26.9. The third kappa shape index (κ3) is 2.94. The van der Waals surface area contributed by atoms with Crippen LogP contribution in [0.3, 0.4) is 0 Å². The molecule has 0 aromatic carbocycles. The van der Waals surface area contributed by atoms with Gasteiger partial charge in [-0.2, -0.15) is 5.10 Å². The Hall–Kier alpha value is -1.85. The number of aromatic nitrogens is 2. The van der Waals surface area contributed by atoms with Crippen LogP contribution in [0.4, 0.5) is 0 Å². The molecule has 6 heteroatoms. The van der Waals surface area contributed by atoms with E-state index in [1.54, 1.807) is 10.9 Å². The molecule has 1 saturated heterocycles. The average Bonchev–Trinajstić information content (AvgIpc) is 2.83. The summed E-state index contributed by atoms with van der Waals surface area (Å²) < 4.78 is 1.72. The summed E-state index contributed by atoms with van der Waals surface area (Å²) in [5.41, 5.74) is 0.206. The lowest BCUT2D eigenvalue weighted by Gasteiger charge is -2.35. The molecule has 1 atom stereocenters. The van der Waals surface area contributed by atoms with E-state index in [1.807, 2.05) is 38.9 Å². The highest BCUT2D eigenvalue weighted by atomic mass is 16.2. The van der Waals surface area contributed by atoms with Crippen LogP contribution < -0.4 is 5.32 Å². The molecule has 0 radical (unpaired) electrons. The van der Waals surface area contributed by atoms with E-state index < -0.39 is 5.54 Å². The lowest BCUT2D eigenvalue weighted by molar-refractivity contribution is -0.141. The first-order valence-electron chi connectivity index (χ1n) is 7.51. The summed E-state index contributed by atoms with van der Waals surface area (Å²) in [6.45, 7) is 6.31. The molecule has 1 aliphatic heterocycles. The second-order valence-corrected chi connectivity index (χ2v) is 5.85. The van der Waals surface area contributed by atoms with Gasteiger partial charge in [-0.05, 0) is 19.8 Å². The molecular weight excluding hydrogens is 268 g/mol. The number of carbonyl (C=O) groups is 2. The Morgan fingerprint density at radius 1 is 1.38 bits per heavy atom. The number of nitrogens with one attached hydrogen (secondary N) is 1. The van der Waals surface area contributed by atoms with Gasteiger partial charge in [0.2, 0.25) is 11.8 Å². The molecule has 2 amide bonds. The fourth-order valence-electron chi connectivity index (χ4n) is 2.93. The molecule has 0 aliphatic carbocycles. The Morgan fingerprint density at radius 3 is 2.57 bits per heavy atom. The van der Waals surface area contributed by atoms with Gasteiger partial charge in [0.15, 0.2) is 0 Å². The van der Waals surface area contributed by atoms with Crippen molar-refractivity contribution >= 4 is 11.8 Å². The summed E-state index contributed by atoms with van der Waals surface area (Å²) in [7, 11) is 1.85. The van der Waals surface area contributed by atoms with E-state index in [9.17, 15) is 9.59 Å². The van der Waals surface area contributed by atoms with E-state index in [-0.39, 0.29) is 17.9 Å². The summed E-state index contributed by atoms with van der Waals surface area (Å²) >= 11 is 0. The Bertz CT molecular complexity index is 534. The van der Waals surface area contributed by atoms with Crippen LogP contribution in [0.2, 0.25) is 0 Å². The van der Waals surface area contributed by atoms with E-state index in [4.69, 9.17) is 0 Å². The molecule has 2 rings (SSSR count). The Morgan fingerprint density at radius 2 is 2.05 bits per heavy atom. The molecule has 1 unspecified atom stereocenters. The van der Waals surface area contributed by atoms with Crippen molar-refractivity contribution in [2.24, 2.45) is 7.05 Å². The molecule has 1 aromatic heterocycles. The van der Waals surface area contributed by atoms with E-state index in [2.05, 4.69) is 10.4 Å². The van der Waals surface area contributed by atoms with Crippen LogP contribution in [0.1, 0.15) is 45.6 Å². The van der Waals surface area contributed by atoms with Crippen LogP contribution in [0, 0.1) is 0 Å². The maximum atomic E-state index is 13.0. The Labute approximate surface area is 125 Å². The minimum atomic E-state index is -0.774. The molecule has 0 spiro atoms. The lowest BCUT2D eigenvalue weighted by Crippen LogP contribution is -2.56. The maximum absolute atomic E-state index is 13.0. The van der Waals surface area contributed by atoms with Gasteiger partial charge in [-0.15, -0.1) is 0 Å². The molecule has 1 N–H and O–H groups in total. The zero-order valence-corrected chi connectivity index (χ0v) is 13.2. The second kappa shape index (κ2) is 5.87. The molecular formula is C15H24N4O2. The largest absolute Gasteiger partial charge is 0.342 e. The van der Waals surface area contributed by atoms with E-state index in [0.29, 0.717) is 25.8 Å². The highest BCUT2D eigenvalue weighted by Gasteiger charge is 2.43. The first-order valence-corrected chi connectivity index (χ1v) is 7.51. The van der Waals surface area contributed by atoms with Gasteiger partial charge in [0.1, 0.15) is 5.54 Å². The van der Waals surface area contributed by atoms with Crippen LogP contribution in [0.15, 0.2) is 12.4 Å². The Kier molecular flexibility index (Phi) is 4.34. The molecule has 21 heavy (non-hydrogen) atoms. The second-order valence-electron chi connectivity index (χ2n) is 5.85. The van der Waals surface area contributed by atoms with Crippen molar-refractivity contribution in [1.82, 2.24) is 20.0 Å². The van der Waals surface area contributed by atoms with E-state index in [0.717, 1.165) is 5.56 Å². The van der Waals surface area contributed by atoms with Gasteiger partial charge in [-0.1, -0.05) is 13.8 Å². The first-order chi connectivity index (χ1) is 9.91. The smallest absolute Gasteiger partial charge is 0.248 e. The van der Waals surface area contributed by atoms with Crippen LogP contribution in [0.25, 0.3) is 0 Å². The zero-order chi connectivity index (χ0) is 15.6. The normalized spacial score (nSPS) is 22.1. The van der Waals surface area contributed by atoms with Crippen molar-refractivity contribution in [3.8, 4) is 0 Å². The quantitative estimate of drug-likeness (QED) is 0.907. The monoisotopic (exact) mass is 292 g/mol. The maximum Gasteiger partial charge on any atom is 0.248 e. The van der Waals surface area contributed by atoms with Crippen molar-refractivity contribution in [2.75, 3.05) is 0 Å². The first kappa shape index (κ1) is 15.5. The number of amides is 2. The fourth-order valence-corrected chi connectivity index (χ4v) is 2.93. The number of aryl methyl sites for hydroxylation is 1. The highest BCUT2D eigenvalue weighted by molar-refractivity contribution is 5.93. The third-order valence-corrected chi connectivity index (χ3v) is 4.38. The lowest BCUT2D eigenvalue weighted by atomic mass is 9.91. The summed E-state index contributed by atoms with van der Waals surface area (Å²) in [5.74, 6) is -0.0389. The van der Waals surface area contributed by atoms with Gasteiger partial charge >= 0.3 is 0 Å². The van der Waals surface area contributed by atoms with Crippen LogP contribution in [-0.4, -0.2) is 38.1 Å². The van der Waals surface area contributed by atoms with Gasteiger partial charge in [0.25, 0.3) is 0 Å². The predicted octanol–water partition coefficient (Wildman–Crippen LogP) is 1.22.